The fourth-order valence-electron chi connectivity index (χ4n) is 2.02. The van der Waals surface area contributed by atoms with E-state index in [1.165, 1.54) is 22.9 Å². The molecule has 3 nitrogen and oxygen atoms in total. The van der Waals surface area contributed by atoms with Gasteiger partial charge in [0, 0.05) is 36.8 Å². The normalized spacial score (nSPS) is 15.7. The molecule has 1 fully saturated rings. The Hall–Kier alpha value is -0.870. The van der Waals surface area contributed by atoms with Crippen LogP contribution in [0.3, 0.4) is 0 Å². The van der Waals surface area contributed by atoms with Crippen molar-refractivity contribution in [2.75, 3.05) is 54.6 Å². The summed E-state index contributed by atoms with van der Waals surface area (Å²) in [6.07, 6.45) is 0. The zero-order chi connectivity index (χ0) is 12.6. The highest BCUT2D eigenvalue weighted by atomic mass is 32.2. The Kier molecular flexibility index (Phi) is 5.68. The summed E-state index contributed by atoms with van der Waals surface area (Å²) in [5.74, 6) is 2.36. The highest BCUT2D eigenvalue weighted by Gasteiger charge is 2.10. The number of morpholine rings is 1. The van der Waals surface area contributed by atoms with Crippen molar-refractivity contribution >= 4 is 23.1 Å². The lowest BCUT2D eigenvalue weighted by Gasteiger charge is -2.28. The van der Waals surface area contributed by atoms with Gasteiger partial charge in [0.15, 0.2) is 0 Å². The van der Waals surface area contributed by atoms with Gasteiger partial charge in [-0.3, -0.25) is 0 Å². The molecule has 1 N–H and O–H groups in total. The van der Waals surface area contributed by atoms with Gasteiger partial charge < -0.3 is 15.0 Å². The van der Waals surface area contributed by atoms with Crippen LogP contribution in [-0.4, -0.2) is 44.4 Å². The van der Waals surface area contributed by atoms with Crippen molar-refractivity contribution in [2.24, 2.45) is 0 Å². The number of hydrogen-bond donors (Lipinski definition) is 1. The second-order valence-corrected chi connectivity index (χ2v) is 5.66. The van der Waals surface area contributed by atoms with Crippen molar-refractivity contribution in [3.05, 3.63) is 24.3 Å². The number of rotatable bonds is 6. The van der Waals surface area contributed by atoms with Gasteiger partial charge in [0.2, 0.25) is 0 Å². The molecule has 0 atom stereocenters. The number of benzene rings is 1. The lowest BCUT2D eigenvalue weighted by molar-refractivity contribution is 0.122. The zero-order valence-corrected chi connectivity index (χ0v) is 11.8. The van der Waals surface area contributed by atoms with Gasteiger partial charge in [0.25, 0.3) is 0 Å². The number of nitrogens with zero attached hydrogens (tertiary/aromatic N) is 1. The molecule has 0 unspecified atom stereocenters. The van der Waals surface area contributed by atoms with Gasteiger partial charge in [-0.2, -0.15) is 11.8 Å². The average molecular weight is 266 g/mol. The zero-order valence-electron chi connectivity index (χ0n) is 11.0. The van der Waals surface area contributed by atoms with E-state index >= 15 is 0 Å². The van der Waals surface area contributed by atoms with Crippen molar-refractivity contribution in [2.45, 2.75) is 6.92 Å². The number of nitrogens with one attached hydrogen (secondary N) is 1. The summed E-state index contributed by atoms with van der Waals surface area (Å²) in [6.45, 7) is 6.92. The topological polar surface area (TPSA) is 24.5 Å². The van der Waals surface area contributed by atoms with Crippen molar-refractivity contribution < 1.29 is 4.74 Å². The highest BCUT2D eigenvalue weighted by Crippen LogP contribution is 2.18. The average Bonchev–Trinajstić information content (AvgIpc) is 2.45. The van der Waals surface area contributed by atoms with Crippen LogP contribution in [0.2, 0.25) is 0 Å². The van der Waals surface area contributed by atoms with Gasteiger partial charge in [0.05, 0.1) is 13.2 Å². The first kappa shape index (κ1) is 13.6. The lowest BCUT2D eigenvalue weighted by Crippen LogP contribution is -2.36. The molecule has 0 radical (unpaired) electrons. The molecule has 1 aliphatic rings. The third kappa shape index (κ3) is 4.10. The van der Waals surface area contributed by atoms with Gasteiger partial charge >= 0.3 is 0 Å². The van der Waals surface area contributed by atoms with Crippen molar-refractivity contribution in [3.8, 4) is 0 Å². The van der Waals surface area contributed by atoms with Gasteiger partial charge in [-0.05, 0) is 30.0 Å². The summed E-state index contributed by atoms with van der Waals surface area (Å²) in [5, 5.41) is 3.45. The highest BCUT2D eigenvalue weighted by molar-refractivity contribution is 7.99. The molecule has 1 saturated heterocycles. The molecular weight excluding hydrogens is 244 g/mol. The Labute approximate surface area is 114 Å². The van der Waals surface area contributed by atoms with E-state index in [0.29, 0.717) is 0 Å². The number of hydrogen-bond acceptors (Lipinski definition) is 4. The second-order valence-electron chi connectivity index (χ2n) is 4.27. The number of thioether (sulfide) groups is 1. The second kappa shape index (κ2) is 7.54. The van der Waals surface area contributed by atoms with Crippen LogP contribution in [0.4, 0.5) is 11.4 Å². The Bertz CT molecular complexity index is 336. The minimum absolute atomic E-state index is 0.842. The Morgan fingerprint density at radius 2 is 1.94 bits per heavy atom. The van der Waals surface area contributed by atoms with Crippen LogP contribution < -0.4 is 10.2 Å². The largest absolute Gasteiger partial charge is 0.384 e. The molecular formula is C14H22N2OS. The van der Waals surface area contributed by atoms with Crippen LogP contribution in [0.15, 0.2) is 24.3 Å². The van der Waals surface area contributed by atoms with E-state index in [-0.39, 0.29) is 0 Å². The van der Waals surface area contributed by atoms with Gasteiger partial charge in [-0.25, -0.2) is 0 Å². The lowest BCUT2D eigenvalue weighted by atomic mass is 10.2. The van der Waals surface area contributed by atoms with E-state index in [4.69, 9.17) is 4.74 Å². The molecule has 0 spiro atoms. The van der Waals surface area contributed by atoms with Crippen molar-refractivity contribution in [1.29, 1.82) is 0 Å². The predicted octanol–water partition coefficient (Wildman–Crippen LogP) is 2.69. The number of ether oxygens (including phenoxy) is 1. The van der Waals surface area contributed by atoms with Gasteiger partial charge in [0.1, 0.15) is 0 Å². The van der Waals surface area contributed by atoms with Crippen molar-refractivity contribution in [1.82, 2.24) is 0 Å². The molecule has 4 heteroatoms. The Morgan fingerprint density at radius 3 is 2.61 bits per heavy atom. The molecule has 0 saturated carbocycles. The Balaban J connectivity index is 1.81. The first-order chi connectivity index (χ1) is 8.90. The third-order valence-corrected chi connectivity index (χ3v) is 3.92. The molecule has 18 heavy (non-hydrogen) atoms. The van der Waals surface area contributed by atoms with E-state index in [2.05, 4.69) is 41.4 Å². The first-order valence-electron chi connectivity index (χ1n) is 6.64. The maximum atomic E-state index is 5.36. The summed E-state index contributed by atoms with van der Waals surface area (Å²) < 4.78 is 5.36. The fraction of sp³-hybridized carbons (Fsp3) is 0.571. The summed E-state index contributed by atoms with van der Waals surface area (Å²) in [7, 11) is 0. The van der Waals surface area contributed by atoms with Crippen LogP contribution in [-0.2, 0) is 4.74 Å². The molecule has 0 amide bonds. The molecule has 0 aromatic heterocycles. The van der Waals surface area contributed by atoms with E-state index in [1.807, 2.05) is 11.8 Å². The summed E-state index contributed by atoms with van der Waals surface area (Å²) in [5.41, 5.74) is 2.51. The maximum Gasteiger partial charge on any atom is 0.0642 e. The summed E-state index contributed by atoms with van der Waals surface area (Å²) >= 11 is 1.97. The standard InChI is InChI=1S/C14H22N2OS/c1-2-18-12-7-15-13-3-5-14(6-4-13)16-8-10-17-11-9-16/h3-6,15H,2,7-12H2,1H3. The summed E-state index contributed by atoms with van der Waals surface area (Å²) in [6, 6.07) is 8.73. The van der Waals surface area contributed by atoms with E-state index in [9.17, 15) is 0 Å². The Morgan fingerprint density at radius 1 is 1.22 bits per heavy atom. The number of anilines is 2. The third-order valence-electron chi connectivity index (χ3n) is 3.02. The SMILES string of the molecule is CCSCCNc1ccc(N2CCOCC2)cc1. The minimum atomic E-state index is 0.842. The summed E-state index contributed by atoms with van der Waals surface area (Å²) in [4.78, 5) is 2.38. The van der Waals surface area contributed by atoms with E-state index in [1.54, 1.807) is 0 Å². The van der Waals surface area contributed by atoms with Gasteiger partial charge in [-0.15, -0.1) is 0 Å². The molecule has 1 aromatic carbocycles. The maximum absolute atomic E-state index is 5.36. The minimum Gasteiger partial charge on any atom is -0.384 e. The van der Waals surface area contributed by atoms with Crippen LogP contribution in [0.5, 0.6) is 0 Å². The van der Waals surface area contributed by atoms with Crippen molar-refractivity contribution in [3.63, 3.8) is 0 Å². The molecule has 100 valence electrons. The van der Waals surface area contributed by atoms with Crippen LogP contribution in [0, 0.1) is 0 Å². The van der Waals surface area contributed by atoms with Gasteiger partial charge in [-0.1, -0.05) is 6.92 Å². The quantitative estimate of drug-likeness (QED) is 0.800. The molecule has 0 bridgehead atoms. The van der Waals surface area contributed by atoms with Crippen LogP contribution in [0.1, 0.15) is 6.92 Å². The van der Waals surface area contributed by atoms with E-state index in [0.717, 1.165) is 32.8 Å². The van der Waals surface area contributed by atoms with Crippen LogP contribution >= 0.6 is 11.8 Å². The molecule has 1 heterocycles. The molecule has 0 aliphatic carbocycles. The molecule has 2 rings (SSSR count). The first-order valence-corrected chi connectivity index (χ1v) is 7.80. The monoisotopic (exact) mass is 266 g/mol. The molecule has 1 aliphatic heterocycles. The predicted molar refractivity (Wildman–Crippen MR) is 81.0 cm³/mol. The molecule has 1 aromatic rings. The van der Waals surface area contributed by atoms with E-state index < -0.39 is 0 Å². The van der Waals surface area contributed by atoms with Crippen LogP contribution in [0.25, 0.3) is 0 Å². The fourth-order valence-corrected chi connectivity index (χ4v) is 2.56. The smallest absolute Gasteiger partial charge is 0.0642 e.